The average Bonchev–Trinajstić information content (AvgIpc) is 2.70. The van der Waals surface area contributed by atoms with Gasteiger partial charge in [0.15, 0.2) is 0 Å². The number of sulfonamides is 1. The zero-order valence-corrected chi connectivity index (χ0v) is 17.3. The Morgan fingerprint density at radius 2 is 1.69 bits per heavy atom. The summed E-state index contributed by atoms with van der Waals surface area (Å²) in [5.74, 6) is -0.282. The lowest BCUT2D eigenvalue weighted by molar-refractivity contribution is 0.183. The predicted octanol–water partition coefficient (Wildman–Crippen LogP) is 3.84. The van der Waals surface area contributed by atoms with Crippen molar-refractivity contribution in [1.82, 2.24) is 9.62 Å². The Morgan fingerprint density at radius 3 is 2.31 bits per heavy atom. The fraction of sp³-hybridized carbons (Fsp3) is 0.350. The quantitative estimate of drug-likeness (QED) is 0.717. The minimum Gasteiger partial charge on any atom is -0.325 e. The Kier molecular flexibility index (Phi) is 7.10. The first-order valence-electron chi connectivity index (χ1n) is 9.34. The van der Waals surface area contributed by atoms with Gasteiger partial charge in [0, 0.05) is 30.3 Å². The van der Waals surface area contributed by atoms with E-state index in [0.717, 1.165) is 0 Å². The Balaban J connectivity index is 1.42. The van der Waals surface area contributed by atoms with Gasteiger partial charge < -0.3 is 10.2 Å². The van der Waals surface area contributed by atoms with E-state index in [1.54, 1.807) is 29.2 Å². The van der Waals surface area contributed by atoms with Crippen LogP contribution in [0.1, 0.15) is 18.4 Å². The molecule has 156 valence electrons. The molecule has 1 fully saturated rings. The number of piperidine rings is 1. The number of carbonyl (C=O) groups excluding carboxylic acids is 1. The lowest BCUT2D eigenvalue weighted by Crippen LogP contribution is -2.43. The molecule has 2 N–H and O–H groups in total. The van der Waals surface area contributed by atoms with Crippen molar-refractivity contribution in [2.75, 3.05) is 25.0 Å². The Morgan fingerprint density at radius 1 is 1.07 bits per heavy atom. The summed E-state index contributed by atoms with van der Waals surface area (Å²) in [5, 5.41) is 3.30. The van der Waals surface area contributed by atoms with Crippen molar-refractivity contribution in [3.63, 3.8) is 0 Å². The molecular weight excluding hydrogens is 417 g/mol. The standard InChI is InChI=1S/C20H23ClFN3O3S/c21-17-3-1-16(2-4-17)14-29(27,28)23-13-15-9-11-25(12-10-15)20(26)24-19-7-5-18(22)6-8-19/h1-8,15,23H,9-14H2,(H,24,26). The molecular formula is C20H23ClFN3O3S. The molecule has 0 aliphatic carbocycles. The summed E-state index contributed by atoms with van der Waals surface area (Å²) in [6.07, 6.45) is 1.42. The number of nitrogens with zero attached hydrogens (tertiary/aromatic N) is 1. The minimum atomic E-state index is -3.44. The van der Waals surface area contributed by atoms with E-state index in [9.17, 15) is 17.6 Å². The molecule has 6 nitrogen and oxygen atoms in total. The molecule has 0 unspecified atom stereocenters. The van der Waals surface area contributed by atoms with Gasteiger partial charge in [-0.25, -0.2) is 22.3 Å². The van der Waals surface area contributed by atoms with Gasteiger partial charge in [-0.1, -0.05) is 23.7 Å². The number of carbonyl (C=O) groups is 1. The van der Waals surface area contributed by atoms with E-state index in [2.05, 4.69) is 10.0 Å². The third-order valence-corrected chi connectivity index (χ3v) is 6.43. The van der Waals surface area contributed by atoms with E-state index in [1.807, 2.05) is 0 Å². The number of nitrogens with one attached hydrogen (secondary N) is 2. The number of amides is 2. The van der Waals surface area contributed by atoms with Crippen molar-refractivity contribution in [3.8, 4) is 0 Å². The molecule has 2 amide bonds. The number of halogens is 2. The number of urea groups is 1. The zero-order valence-electron chi connectivity index (χ0n) is 15.8. The van der Waals surface area contributed by atoms with Crippen LogP contribution in [0.3, 0.4) is 0 Å². The van der Waals surface area contributed by atoms with Crippen LogP contribution in [0.15, 0.2) is 48.5 Å². The predicted molar refractivity (Wildman–Crippen MR) is 112 cm³/mol. The first-order valence-corrected chi connectivity index (χ1v) is 11.4. The molecule has 1 saturated heterocycles. The Bertz CT molecular complexity index is 928. The highest BCUT2D eigenvalue weighted by Gasteiger charge is 2.24. The van der Waals surface area contributed by atoms with E-state index in [-0.39, 0.29) is 23.5 Å². The van der Waals surface area contributed by atoms with Crippen LogP contribution >= 0.6 is 11.6 Å². The van der Waals surface area contributed by atoms with Gasteiger partial charge in [-0.15, -0.1) is 0 Å². The van der Waals surface area contributed by atoms with Gasteiger partial charge in [-0.2, -0.15) is 0 Å². The number of rotatable bonds is 6. The van der Waals surface area contributed by atoms with Gasteiger partial charge in [-0.3, -0.25) is 0 Å². The Labute approximate surface area is 175 Å². The van der Waals surface area contributed by atoms with Crippen LogP contribution in [0, 0.1) is 11.7 Å². The number of hydrogen-bond donors (Lipinski definition) is 2. The highest BCUT2D eigenvalue weighted by molar-refractivity contribution is 7.88. The molecule has 29 heavy (non-hydrogen) atoms. The molecule has 1 aliphatic rings. The van der Waals surface area contributed by atoms with E-state index >= 15 is 0 Å². The van der Waals surface area contributed by atoms with E-state index in [0.29, 0.717) is 48.7 Å². The summed E-state index contributed by atoms with van der Waals surface area (Å²) in [4.78, 5) is 14.0. The van der Waals surface area contributed by atoms with E-state index in [4.69, 9.17) is 11.6 Å². The minimum absolute atomic E-state index is 0.0942. The summed E-state index contributed by atoms with van der Waals surface area (Å²) in [6.45, 7) is 1.43. The molecule has 0 spiro atoms. The number of likely N-dealkylation sites (tertiary alicyclic amines) is 1. The van der Waals surface area contributed by atoms with E-state index in [1.165, 1.54) is 24.3 Å². The lowest BCUT2D eigenvalue weighted by atomic mass is 9.97. The molecule has 2 aromatic carbocycles. The van der Waals surface area contributed by atoms with Gasteiger partial charge in [0.2, 0.25) is 10.0 Å². The lowest BCUT2D eigenvalue weighted by Gasteiger charge is -2.32. The maximum absolute atomic E-state index is 12.9. The van der Waals surface area contributed by atoms with Crippen molar-refractivity contribution >= 4 is 33.3 Å². The average molecular weight is 440 g/mol. The maximum atomic E-state index is 12.9. The molecule has 1 aliphatic heterocycles. The highest BCUT2D eigenvalue weighted by atomic mass is 35.5. The van der Waals surface area contributed by atoms with Crippen molar-refractivity contribution in [2.45, 2.75) is 18.6 Å². The van der Waals surface area contributed by atoms with Gasteiger partial charge in [0.05, 0.1) is 5.75 Å². The fourth-order valence-electron chi connectivity index (χ4n) is 3.17. The first-order chi connectivity index (χ1) is 13.8. The van der Waals surface area contributed by atoms with Crippen molar-refractivity contribution in [2.24, 2.45) is 5.92 Å². The van der Waals surface area contributed by atoms with Crippen LogP contribution in [0.25, 0.3) is 0 Å². The third-order valence-electron chi connectivity index (χ3n) is 4.86. The van der Waals surface area contributed by atoms with Crippen LogP contribution in [-0.2, 0) is 15.8 Å². The third kappa shape index (κ3) is 6.69. The second kappa shape index (κ2) is 9.56. The maximum Gasteiger partial charge on any atom is 0.321 e. The van der Waals surface area contributed by atoms with Crippen molar-refractivity contribution < 1.29 is 17.6 Å². The van der Waals surface area contributed by atoms with Crippen LogP contribution in [-0.4, -0.2) is 39.0 Å². The summed E-state index contributed by atoms with van der Waals surface area (Å²) in [5.41, 5.74) is 1.21. The number of anilines is 1. The molecule has 1 heterocycles. The largest absolute Gasteiger partial charge is 0.325 e. The van der Waals surface area contributed by atoms with Crippen LogP contribution in [0.2, 0.25) is 5.02 Å². The van der Waals surface area contributed by atoms with Crippen molar-refractivity contribution in [1.29, 1.82) is 0 Å². The van der Waals surface area contributed by atoms with Gasteiger partial charge in [-0.05, 0) is 60.7 Å². The molecule has 0 saturated carbocycles. The summed E-state index contributed by atoms with van der Waals surface area (Å²) >= 11 is 5.82. The van der Waals surface area contributed by atoms with Crippen LogP contribution in [0.4, 0.5) is 14.9 Å². The molecule has 2 aromatic rings. The van der Waals surface area contributed by atoms with Crippen LogP contribution < -0.4 is 10.0 Å². The zero-order chi connectivity index (χ0) is 20.9. The normalized spacial score (nSPS) is 15.3. The van der Waals surface area contributed by atoms with Crippen molar-refractivity contribution in [3.05, 3.63) is 64.9 Å². The molecule has 3 rings (SSSR count). The molecule has 0 bridgehead atoms. The fourth-order valence-corrected chi connectivity index (χ4v) is 4.52. The Hall–Kier alpha value is -2.16. The second-order valence-corrected chi connectivity index (χ2v) is 9.34. The summed E-state index contributed by atoms with van der Waals surface area (Å²) < 4.78 is 40.2. The molecule has 0 atom stereocenters. The van der Waals surface area contributed by atoms with E-state index < -0.39 is 10.0 Å². The van der Waals surface area contributed by atoms with Crippen LogP contribution in [0.5, 0.6) is 0 Å². The van der Waals surface area contributed by atoms with Gasteiger partial charge in [0.1, 0.15) is 5.82 Å². The molecule has 0 aromatic heterocycles. The summed E-state index contributed by atoms with van der Waals surface area (Å²) in [6, 6.07) is 12.1. The topological polar surface area (TPSA) is 78.5 Å². The van der Waals surface area contributed by atoms with Gasteiger partial charge in [0.25, 0.3) is 0 Å². The van der Waals surface area contributed by atoms with Gasteiger partial charge >= 0.3 is 6.03 Å². The monoisotopic (exact) mass is 439 g/mol. The smallest absolute Gasteiger partial charge is 0.321 e. The summed E-state index contributed by atoms with van der Waals surface area (Å²) in [7, 11) is -3.44. The SMILES string of the molecule is O=C(Nc1ccc(F)cc1)N1CCC(CNS(=O)(=O)Cc2ccc(Cl)cc2)CC1. The molecule has 0 radical (unpaired) electrons. The second-order valence-electron chi connectivity index (χ2n) is 7.10. The number of benzene rings is 2. The highest BCUT2D eigenvalue weighted by Crippen LogP contribution is 2.19. The molecule has 9 heteroatoms. The first kappa shape index (κ1) is 21.5. The number of hydrogen-bond acceptors (Lipinski definition) is 3.